The number of carbonyl (C=O) groups excluding carboxylic acids is 1. The second kappa shape index (κ2) is 7.18. The first kappa shape index (κ1) is 16.9. The zero-order valence-electron chi connectivity index (χ0n) is 14.3. The van der Waals surface area contributed by atoms with Gasteiger partial charge in [0.05, 0.1) is 20.3 Å². The Labute approximate surface area is 137 Å². The largest absolute Gasteiger partial charge is 0.497 e. The van der Waals surface area contributed by atoms with E-state index in [1.54, 1.807) is 32.4 Å². The molecule has 2 aromatic rings. The molecular formula is C19H23NO3. The molecule has 0 radical (unpaired) electrons. The van der Waals surface area contributed by atoms with Crippen molar-refractivity contribution in [2.75, 3.05) is 14.2 Å². The Morgan fingerprint density at radius 1 is 1.00 bits per heavy atom. The Balaban J connectivity index is 2.23. The number of aryl methyl sites for hydroxylation is 2. The smallest absolute Gasteiger partial charge is 0.252 e. The third-order valence-electron chi connectivity index (χ3n) is 3.86. The number of nitrogens with one attached hydrogen (secondary N) is 1. The highest BCUT2D eigenvalue weighted by atomic mass is 16.5. The maximum atomic E-state index is 12.5. The van der Waals surface area contributed by atoms with E-state index in [0.717, 1.165) is 11.1 Å². The molecule has 0 aliphatic heterocycles. The second-order valence-electron chi connectivity index (χ2n) is 5.66. The molecule has 0 saturated carbocycles. The van der Waals surface area contributed by atoms with Crippen LogP contribution in [0.5, 0.6) is 11.5 Å². The molecule has 0 saturated heterocycles. The molecule has 0 aliphatic carbocycles. The summed E-state index contributed by atoms with van der Waals surface area (Å²) in [5, 5.41) is 3.03. The van der Waals surface area contributed by atoms with Crippen LogP contribution in [0.1, 0.15) is 40.0 Å². The van der Waals surface area contributed by atoms with Crippen LogP contribution in [-0.2, 0) is 0 Å². The van der Waals surface area contributed by atoms with E-state index in [1.165, 1.54) is 5.56 Å². The van der Waals surface area contributed by atoms with Crippen LogP contribution in [0.25, 0.3) is 0 Å². The van der Waals surface area contributed by atoms with Gasteiger partial charge in [-0.05, 0) is 44.0 Å². The summed E-state index contributed by atoms with van der Waals surface area (Å²) in [6.45, 7) is 6.08. The number of amides is 1. The van der Waals surface area contributed by atoms with Gasteiger partial charge in [0, 0.05) is 11.6 Å². The second-order valence-corrected chi connectivity index (χ2v) is 5.66. The van der Waals surface area contributed by atoms with Gasteiger partial charge in [-0.1, -0.05) is 23.8 Å². The maximum Gasteiger partial charge on any atom is 0.252 e. The lowest BCUT2D eigenvalue weighted by molar-refractivity contribution is 0.0939. The number of hydrogen-bond donors (Lipinski definition) is 1. The summed E-state index contributed by atoms with van der Waals surface area (Å²) >= 11 is 0. The summed E-state index contributed by atoms with van der Waals surface area (Å²) in [5.41, 5.74) is 3.97. The van der Waals surface area contributed by atoms with E-state index >= 15 is 0 Å². The first-order chi connectivity index (χ1) is 10.9. The number of hydrogen-bond acceptors (Lipinski definition) is 3. The fourth-order valence-electron chi connectivity index (χ4n) is 2.52. The van der Waals surface area contributed by atoms with Crippen molar-refractivity contribution in [3.05, 3.63) is 58.7 Å². The molecule has 1 N–H and O–H groups in total. The van der Waals surface area contributed by atoms with Crippen molar-refractivity contribution in [2.24, 2.45) is 0 Å². The van der Waals surface area contributed by atoms with E-state index in [-0.39, 0.29) is 11.9 Å². The summed E-state index contributed by atoms with van der Waals surface area (Å²) in [6, 6.07) is 11.3. The minimum Gasteiger partial charge on any atom is -0.497 e. The predicted molar refractivity (Wildman–Crippen MR) is 91.3 cm³/mol. The molecule has 122 valence electrons. The van der Waals surface area contributed by atoms with E-state index in [1.807, 2.05) is 20.8 Å². The van der Waals surface area contributed by atoms with Gasteiger partial charge in [-0.15, -0.1) is 0 Å². The zero-order valence-corrected chi connectivity index (χ0v) is 14.3. The molecule has 2 rings (SSSR count). The minimum atomic E-state index is -0.157. The molecule has 0 aromatic heterocycles. The monoisotopic (exact) mass is 313 g/mol. The average molecular weight is 313 g/mol. The van der Waals surface area contributed by atoms with Gasteiger partial charge in [0.15, 0.2) is 0 Å². The Morgan fingerprint density at radius 3 is 2.17 bits per heavy atom. The van der Waals surface area contributed by atoms with Crippen molar-refractivity contribution in [1.29, 1.82) is 0 Å². The Kier molecular flexibility index (Phi) is 5.27. The highest BCUT2D eigenvalue weighted by Crippen LogP contribution is 2.24. The third-order valence-corrected chi connectivity index (χ3v) is 3.86. The van der Waals surface area contributed by atoms with Crippen molar-refractivity contribution in [1.82, 2.24) is 5.32 Å². The highest BCUT2D eigenvalue weighted by Gasteiger charge is 2.15. The van der Waals surface area contributed by atoms with Gasteiger partial charge >= 0.3 is 0 Å². The summed E-state index contributed by atoms with van der Waals surface area (Å²) in [5.74, 6) is 1.03. The molecular weight excluding hydrogens is 290 g/mol. The Bertz CT molecular complexity index is 688. The van der Waals surface area contributed by atoms with E-state index in [0.29, 0.717) is 17.1 Å². The van der Waals surface area contributed by atoms with Crippen LogP contribution in [0.15, 0.2) is 36.4 Å². The molecule has 0 bridgehead atoms. The SMILES string of the molecule is COc1cc(OC)cc(C(=O)N[C@H](C)c2cc(C)ccc2C)c1. The Hall–Kier alpha value is -2.49. The highest BCUT2D eigenvalue weighted by molar-refractivity contribution is 5.95. The van der Waals surface area contributed by atoms with E-state index in [4.69, 9.17) is 9.47 Å². The standard InChI is InChI=1S/C19H23NO3/c1-12-6-7-13(2)18(8-12)14(3)20-19(21)15-9-16(22-4)11-17(10-15)23-5/h6-11,14H,1-5H3,(H,20,21)/t14-/m1/s1. The number of ether oxygens (including phenoxy) is 2. The molecule has 2 aromatic carbocycles. The molecule has 23 heavy (non-hydrogen) atoms. The van der Waals surface area contributed by atoms with E-state index < -0.39 is 0 Å². The fourth-order valence-corrected chi connectivity index (χ4v) is 2.52. The lowest BCUT2D eigenvalue weighted by atomic mass is 9.99. The van der Waals surface area contributed by atoms with Gasteiger partial charge in [-0.2, -0.15) is 0 Å². The van der Waals surface area contributed by atoms with E-state index in [9.17, 15) is 4.79 Å². The van der Waals surface area contributed by atoms with Crippen molar-refractivity contribution in [3.8, 4) is 11.5 Å². The van der Waals surface area contributed by atoms with Crippen molar-refractivity contribution >= 4 is 5.91 Å². The van der Waals surface area contributed by atoms with Gasteiger partial charge in [0.1, 0.15) is 11.5 Å². The number of carbonyl (C=O) groups is 1. The maximum absolute atomic E-state index is 12.5. The van der Waals surface area contributed by atoms with Crippen molar-refractivity contribution in [3.63, 3.8) is 0 Å². The molecule has 0 spiro atoms. The van der Waals surface area contributed by atoms with Crippen molar-refractivity contribution in [2.45, 2.75) is 26.8 Å². The minimum absolute atomic E-state index is 0.0837. The van der Waals surface area contributed by atoms with Gasteiger partial charge < -0.3 is 14.8 Å². The lowest BCUT2D eigenvalue weighted by Gasteiger charge is -2.18. The van der Waals surface area contributed by atoms with Crippen LogP contribution < -0.4 is 14.8 Å². The molecule has 0 heterocycles. The van der Waals surface area contributed by atoms with Gasteiger partial charge in [-0.3, -0.25) is 4.79 Å². The molecule has 4 nitrogen and oxygen atoms in total. The van der Waals surface area contributed by atoms with Gasteiger partial charge in [0.25, 0.3) is 5.91 Å². The summed E-state index contributed by atoms with van der Waals surface area (Å²) < 4.78 is 10.4. The fraction of sp³-hybridized carbons (Fsp3) is 0.316. The van der Waals surface area contributed by atoms with Gasteiger partial charge in [-0.25, -0.2) is 0 Å². The van der Waals surface area contributed by atoms with E-state index in [2.05, 4.69) is 23.5 Å². The zero-order chi connectivity index (χ0) is 17.0. The third kappa shape index (κ3) is 4.03. The van der Waals surface area contributed by atoms with Crippen LogP contribution >= 0.6 is 0 Å². The summed E-state index contributed by atoms with van der Waals surface area (Å²) in [4.78, 5) is 12.5. The molecule has 0 fully saturated rings. The van der Waals surface area contributed by atoms with Gasteiger partial charge in [0.2, 0.25) is 0 Å². The van der Waals surface area contributed by atoms with Crippen LogP contribution in [0, 0.1) is 13.8 Å². The average Bonchev–Trinajstić information content (AvgIpc) is 2.56. The molecule has 0 aliphatic rings. The molecule has 1 amide bonds. The number of benzene rings is 2. The first-order valence-corrected chi connectivity index (χ1v) is 7.55. The molecule has 4 heteroatoms. The van der Waals surface area contributed by atoms with Crippen LogP contribution in [0.4, 0.5) is 0 Å². The molecule has 1 atom stereocenters. The lowest BCUT2D eigenvalue weighted by Crippen LogP contribution is -2.27. The van der Waals surface area contributed by atoms with Crippen molar-refractivity contribution < 1.29 is 14.3 Å². The number of methoxy groups -OCH3 is 2. The quantitative estimate of drug-likeness (QED) is 0.913. The van der Waals surface area contributed by atoms with Crippen LogP contribution in [0.3, 0.4) is 0 Å². The number of rotatable bonds is 5. The predicted octanol–water partition coefficient (Wildman–Crippen LogP) is 3.81. The molecule has 0 unspecified atom stereocenters. The Morgan fingerprint density at radius 2 is 1.61 bits per heavy atom. The van der Waals surface area contributed by atoms with Crippen LogP contribution in [0.2, 0.25) is 0 Å². The summed E-state index contributed by atoms with van der Waals surface area (Å²) in [6.07, 6.45) is 0. The normalized spacial score (nSPS) is 11.7. The van der Waals surface area contributed by atoms with Crippen LogP contribution in [-0.4, -0.2) is 20.1 Å². The topological polar surface area (TPSA) is 47.6 Å². The summed E-state index contributed by atoms with van der Waals surface area (Å²) in [7, 11) is 3.13. The first-order valence-electron chi connectivity index (χ1n) is 7.55.